The van der Waals surface area contributed by atoms with Crippen LogP contribution in [0, 0.1) is 5.92 Å². The topological polar surface area (TPSA) is 49.0 Å². The van der Waals surface area contributed by atoms with E-state index < -0.39 is 0 Å². The van der Waals surface area contributed by atoms with Crippen LogP contribution in [-0.4, -0.2) is 32.9 Å². The Balaban J connectivity index is 1.74. The molecule has 4 nitrogen and oxygen atoms in total. The van der Waals surface area contributed by atoms with Crippen LogP contribution < -0.4 is 0 Å². The van der Waals surface area contributed by atoms with Gasteiger partial charge >= 0.3 is 0 Å². The van der Waals surface area contributed by atoms with Gasteiger partial charge < -0.3 is 9.88 Å². The zero-order chi connectivity index (χ0) is 13.4. The van der Waals surface area contributed by atoms with Crippen LogP contribution in [0.3, 0.4) is 0 Å². The van der Waals surface area contributed by atoms with Gasteiger partial charge in [-0.1, -0.05) is 0 Å². The number of amides is 1. The van der Waals surface area contributed by atoms with Gasteiger partial charge in [0.05, 0.1) is 12.0 Å². The maximum Gasteiger partial charge on any atom is 0.226 e. The average molecular weight is 261 g/mol. The molecule has 4 heteroatoms. The Kier molecular flexibility index (Phi) is 3.33. The van der Waals surface area contributed by atoms with E-state index in [1.165, 1.54) is 12.1 Å². The summed E-state index contributed by atoms with van der Waals surface area (Å²) < 4.78 is 0. The number of aromatic amines is 1. The van der Waals surface area contributed by atoms with Crippen LogP contribution in [0.5, 0.6) is 0 Å². The zero-order valence-electron chi connectivity index (χ0n) is 11.9. The molecular formula is C15H23N3O. The lowest BCUT2D eigenvalue weighted by molar-refractivity contribution is -0.142. The number of hydrogen-bond donors (Lipinski definition) is 1. The number of nitrogens with one attached hydrogen (secondary N) is 1. The normalized spacial score (nSPS) is 31.1. The molecule has 1 aliphatic carbocycles. The molecule has 1 aromatic rings. The molecule has 0 saturated carbocycles. The molecule has 0 spiro atoms. The van der Waals surface area contributed by atoms with Crippen molar-refractivity contribution in [2.45, 2.75) is 64.5 Å². The van der Waals surface area contributed by atoms with Crippen LogP contribution >= 0.6 is 0 Å². The number of nitrogens with zero attached hydrogens (tertiary/aromatic N) is 2. The summed E-state index contributed by atoms with van der Waals surface area (Å²) >= 11 is 0. The summed E-state index contributed by atoms with van der Waals surface area (Å²) in [6, 6.07) is 0.804. The van der Waals surface area contributed by atoms with E-state index in [0.29, 0.717) is 18.0 Å². The minimum absolute atomic E-state index is 0.149. The third-order valence-corrected chi connectivity index (χ3v) is 4.78. The number of imidazole rings is 1. The lowest BCUT2D eigenvalue weighted by atomic mass is 9.86. The zero-order valence-corrected chi connectivity index (χ0v) is 11.9. The van der Waals surface area contributed by atoms with Crippen molar-refractivity contribution in [2.24, 2.45) is 5.92 Å². The molecule has 1 aromatic heterocycles. The first-order valence-electron chi connectivity index (χ1n) is 7.50. The Bertz CT molecular complexity index is 458. The van der Waals surface area contributed by atoms with E-state index in [2.05, 4.69) is 28.7 Å². The van der Waals surface area contributed by atoms with Gasteiger partial charge in [0.1, 0.15) is 0 Å². The highest BCUT2D eigenvalue weighted by atomic mass is 16.2. The standard InChI is InChI=1S/C15H23N3O/c1-10-4-3-5-11(2)18(10)15(19)12-6-7-13-14(8-12)17-9-16-13/h9-12H,3-8H2,1-2H3,(H,16,17). The largest absolute Gasteiger partial charge is 0.348 e. The number of fused-ring (bicyclic) bond motifs is 1. The van der Waals surface area contributed by atoms with Gasteiger partial charge in [-0.25, -0.2) is 4.98 Å². The van der Waals surface area contributed by atoms with Crippen molar-refractivity contribution in [1.29, 1.82) is 0 Å². The third-order valence-electron chi connectivity index (χ3n) is 4.78. The molecule has 1 aliphatic heterocycles. The lowest BCUT2D eigenvalue weighted by Crippen LogP contribution is -2.50. The van der Waals surface area contributed by atoms with Gasteiger partial charge in [-0.3, -0.25) is 4.79 Å². The van der Waals surface area contributed by atoms with Crippen molar-refractivity contribution in [3.63, 3.8) is 0 Å². The summed E-state index contributed by atoms with van der Waals surface area (Å²) in [6.45, 7) is 4.38. The Morgan fingerprint density at radius 3 is 2.79 bits per heavy atom. The molecule has 1 amide bonds. The van der Waals surface area contributed by atoms with Gasteiger partial charge in [-0.15, -0.1) is 0 Å². The van der Waals surface area contributed by atoms with Gasteiger partial charge in [0.25, 0.3) is 0 Å². The summed E-state index contributed by atoms with van der Waals surface area (Å²) in [5.74, 6) is 0.510. The Labute approximate surface area is 114 Å². The predicted molar refractivity (Wildman–Crippen MR) is 73.7 cm³/mol. The molecule has 104 valence electrons. The second-order valence-corrected chi connectivity index (χ2v) is 6.14. The fourth-order valence-electron chi connectivity index (χ4n) is 3.68. The van der Waals surface area contributed by atoms with E-state index in [-0.39, 0.29) is 5.92 Å². The van der Waals surface area contributed by atoms with E-state index in [4.69, 9.17) is 0 Å². The highest BCUT2D eigenvalue weighted by Crippen LogP contribution is 2.29. The van der Waals surface area contributed by atoms with E-state index in [1.54, 1.807) is 6.33 Å². The van der Waals surface area contributed by atoms with Crippen LogP contribution in [-0.2, 0) is 17.6 Å². The van der Waals surface area contributed by atoms with Crippen LogP contribution in [0.15, 0.2) is 6.33 Å². The van der Waals surface area contributed by atoms with Crippen molar-refractivity contribution in [2.75, 3.05) is 0 Å². The maximum absolute atomic E-state index is 12.8. The maximum atomic E-state index is 12.8. The van der Waals surface area contributed by atoms with Gasteiger partial charge in [0.2, 0.25) is 5.91 Å². The number of carbonyl (C=O) groups is 1. The Hall–Kier alpha value is -1.32. The second kappa shape index (κ2) is 4.99. The Morgan fingerprint density at radius 1 is 1.32 bits per heavy atom. The predicted octanol–water partition coefficient (Wildman–Crippen LogP) is 2.30. The highest BCUT2D eigenvalue weighted by molar-refractivity contribution is 5.80. The molecule has 3 rings (SSSR count). The summed E-state index contributed by atoms with van der Waals surface area (Å²) in [5.41, 5.74) is 2.32. The summed E-state index contributed by atoms with van der Waals surface area (Å²) in [6.07, 6.45) is 8.03. The molecule has 1 N–H and O–H groups in total. The van der Waals surface area contributed by atoms with E-state index in [1.807, 2.05) is 0 Å². The number of H-pyrrole nitrogens is 1. The molecule has 0 bridgehead atoms. The van der Waals surface area contributed by atoms with Crippen molar-refractivity contribution in [3.8, 4) is 0 Å². The number of rotatable bonds is 1. The first kappa shape index (κ1) is 12.7. The first-order chi connectivity index (χ1) is 9.16. The molecule has 1 saturated heterocycles. The minimum atomic E-state index is 0.149. The Morgan fingerprint density at radius 2 is 2.05 bits per heavy atom. The molecule has 19 heavy (non-hydrogen) atoms. The molecular weight excluding hydrogens is 238 g/mol. The summed E-state index contributed by atoms with van der Waals surface area (Å²) in [7, 11) is 0. The molecule has 3 atom stereocenters. The fraction of sp³-hybridized carbons (Fsp3) is 0.733. The molecule has 3 unspecified atom stereocenters. The quantitative estimate of drug-likeness (QED) is 0.843. The number of likely N-dealkylation sites (tertiary alicyclic amines) is 1. The van der Waals surface area contributed by atoms with Gasteiger partial charge in [-0.2, -0.15) is 0 Å². The van der Waals surface area contributed by atoms with Crippen LogP contribution in [0.4, 0.5) is 0 Å². The van der Waals surface area contributed by atoms with Crippen molar-refractivity contribution in [1.82, 2.24) is 14.9 Å². The smallest absolute Gasteiger partial charge is 0.226 e. The van der Waals surface area contributed by atoms with Crippen molar-refractivity contribution in [3.05, 3.63) is 17.7 Å². The van der Waals surface area contributed by atoms with Gasteiger partial charge in [-0.05, 0) is 46.0 Å². The van der Waals surface area contributed by atoms with Crippen LogP contribution in [0.2, 0.25) is 0 Å². The van der Waals surface area contributed by atoms with Crippen molar-refractivity contribution < 1.29 is 4.79 Å². The van der Waals surface area contributed by atoms with E-state index >= 15 is 0 Å². The molecule has 0 radical (unpaired) electrons. The van der Waals surface area contributed by atoms with E-state index in [9.17, 15) is 4.79 Å². The van der Waals surface area contributed by atoms with Gasteiger partial charge in [0.15, 0.2) is 0 Å². The third kappa shape index (κ3) is 2.28. The number of carbonyl (C=O) groups excluding carboxylic acids is 1. The SMILES string of the molecule is CC1CCCC(C)N1C(=O)C1CCc2nc[nH]c2C1. The minimum Gasteiger partial charge on any atom is -0.348 e. The number of piperidine rings is 1. The molecule has 0 aromatic carbocycles. The molecule has 1 fully saturated rings. The number of aryl methyl sites for hydroxylation is 1. The monoisotopic (exact) mass is 261 g/mol. The second-order valence-electron chi connectivity index (χ2n) is 6.14. The summed E-state index contributed by atoms with van der Waals surface area (Å²) in [5, 5.41) is 0. The lowest BCUT2D eigenvalue weighted by Gasteiger charge is -2.41. The number of hydrogen-bond acceptors (Lipinski definition) is 2. The van der Waals surface area contributed by atoms with Crippen LogP contribution in [0.1, 0.15) is 50.9 Å². The molecule has 2 heterocycles. The highest BCUT2D eigenvalue weighted by Gasteiger charge is 2.35. The average Bonchev–Trinajstić information content (AvgIpc) is 2.85. The van der Waals surface area contributed by atoms with Gasteiger partial charge in [0, 0.05) is 30.1 Å². The summed E-state index contributed by atoms with van der Waals surface area (Å²) in [4.78, 5) is 22.4. The fourth-order valence-corrected chi connectivity index (χ4v) is 3.68. The number of aromatic nitrogens is 2. The molecule has 2 aliphatic rings. The van der Waals surface area contributed by atoms with Crippen molar-refractivity contribution >= 4 is 5.91 Å². The first-order valence-corrected chi connectivity index (χ1v) is 7.50. The van der Waals surface area contributed by atoms with E-state index in [0.717, 1.165) is 37.8 Å². The van der Waals surface area contributed by atoms with Crippen LogP contribution in [0.25, 0.3) is 0 Å².